The molecule has 2 aromatic rings. The molecule has 1 aliphatic rings. The normalized spacial score (nSPS) is 12.4. The number of rotatable bonds is 3. The predicted molar refractivity (Wildman–Crippen MR) is 76.1 cm³/mol. The molecule has 0 unspecified atom stereocenters. The third kappa shape index (κ3) is 2.79. The van der Waals surface area contributed by atoms with Crippen molar-refractivity contribution >= 4 is 11.6 Å². The Morgan fingerprint density at radius 3 is 2.95 bits per heavy atom. The Hall–Kier alpha value is -2.25. The lowest BCUT2D eigenvalue weighted by atomic mass is 10.1. The summed E-state index contributed by atoms with van der Waals surface area (Å²) < 4.78 is 24.7. The topological polar surface area (TPSA) is 42.2 Å². The summed E-state index contributed by atoms with van der Waals surface area (Å²) in [6.07, 6.45) is 0.828. The molecule has 0 aliphatic carbocycles. The molecule has 0 bridgehead atoms. The standard InChI is InChI=1S/C16H11ClFNO2/c17-13-5-10-3-4-20-16(10)12(6-13)9-21-14-2-1-11(8-19)15(18)7-14/h1-2,5-7H,3-4,9H2. The molecule has 106 valence electrons. The molecule has 0 atom stereocenters. The van der Waals surface area contributed by atoms with Crippen molar-refractivity contribution in [3.63, 3.8) is 0 Å². The highest BCUT2D eigenvalue weighted by Gasteiger charge is 2.18. The third-order valence-corrected chi connectivity index (χ3v) is 3.50. The molecule has 0 radical (unpaired) electrons. The van der Waals surface area contributed by atoms with E-state index in [1.807, 2.05) is 6.07 Å². The summed E-state index contributed by atoms with van der Waals surface area (Å²) >= 11 is 6.07. The van der Waals surface area contributed by atoms with Gasteiger partial charge in [-0.2, -0.15) is 5.26 Å². The van der Waals surface area contributed by atoms with Gasteiger partial charge in [0.25, 0.3) is 0 Å². The molecule has 0 spiro atoms. The van der Waals surface area contributed by atoms with Crippen molar-refractivity contribution in [3.05, 3.63) is 57.9 Å². The summed E-state index contributed by atoms with van der Waals surface area (Å²) in [6, 6.07) is 9.59. The van der Waals surface area contributed by atoms with Crippen LogP contribution < -0.4 is 9.47 Å². The number of nitriles is 1. The van der Waals surface area contributed by atoms with Gasteiger partial charge in [0.15, 0.2) is 0 Å². The molecule has 0 saturated heterocycles. The van der Waals surface area contributed by atoms with Gasteiger partial charge in [-0.25, -0.2) is 4.39 Å². The summed E-state index contributed by atoms with van der Waals surface area (Å²) in [7, 11) is 0. The fourth-order valence-corrected chi connectivity index (χ4v) is 2.55. The maximum Gasteiger partial charge on any atom is 0.144 e. The van der Waals surface area contributed by atoms with E-state index in [9.17, 15) is 4.39 Å². The van der Waals surface area contributed by atoms with Gasteiger partial charge in [-0.05, 0) is 29.8 Å². The Bertz CT molecular complexity index is 740. The van der Waals surface area contributed by atoms with Crippen LogP contribution in [0, 0.1) is 17.1 Å². The summed E-state index contributed by atoms with van der Waals surface area (Å²) in [5, 5.41) is 9.32. The second-order valence-corrected chi connectivity index (χ2v) is 5.13. The zero-order valence-corrected chi connectivity index (χ0v) is 11.8. The van der Waals surface area contributed by atoms with Gasteiger partial charge >= 0.3 is 0 Å². The molecule has 0 aromatic heterocycles. The van der Waals surface area contributed by atoms with Crippen molar-refractivity contribution in [2.45, 2.75) is 13.0 Å². The number of fused-ring (bicyclic) bond motifs is 1. The fourth-order valence-electron chi connectivity index (χ4n) is 2.29. The molecular weight excluding hydrogens is 293 g/mol. The summed E-state index contributed by atoms with van der Waals surface area (Å²) in [5.41, 5.74) is 1.89. The van der Waals surface area contributed by atoms with E-state index < -0.39 is 5.82 Å². The Kier molecular flexibility index (Phi) is 3.68. The molecule has 21 heavy (non-hydrogen) atoms. The van der Waals surface area contributed by atoms with Crippen molar-refractivity contribution in [1.82, 2.24) is 0 Å². The van der Waals surface area contributed by atoms with Crippen LogP contribution in [0.1, 0.15) is 16.7 Å². The predicted octanol–water partition coefficient (Wildman–Crippen LogP) is 3.86. The Morgan fingerprint density at radius 1 is 1.33 bits per heavy atom. The van der Waals surface area contributed by atoms with E-state index in [4.69, 9.17) is 26.3 Å². The Balaban J connectivity index is 1.80. The van der Waals surface area contributed by atoms with Gasteiger partial charge in [0, 0.05) is 23.1 Å². The van der Waals surface area contributed by atoms with Gasteiger partial charge in [0.05, 0.1) is 12.2 Å². The van der Waals surface area contributed by atoms with E-state index in [-0.39, 0.29) is 12.2 Å². The van der Waals surface area contributed by atoms with E-state index in [1.54, 1.807) is 18.2 Å². The monoisotopic (exact) mass is 303 g/mol. The van der Waals surface area contributed by atoms with Crippen LogP contribution in [0.5, 0.6) is 11.5 Å². The first-order chi connectivity index (χ1) is 10.2. The molecule has 5 heteroatoms. The van der Waals surface area contributed by atoms with Gasteiger partial charge in [-0.15, -0.1) is 0 Å². The lowest BCUT2D eigenvalue weighted by Gasteiger charge is -2.11. The maximum atomic E-state index is 13.5. The molecule has 2 aromatic carbocycles. The van der Waals surface area contributed by atoms with Crippen LogP contribution in [0.25, 0.3) is 0 Å². The highest BCUT2D eigenvalue weighted by molar-refractivity contribution is 6.30. The number of benzene rings is 2. The first-order valence-corrected chi connectivity index (χ1v) is 6.81. The molecule has 1 aliphatic heterocycles. The van der Waals surface area contributed by atoms with Crippen molar-refractivity contribution in [2.24, 2.45) is 0 Å². The lowest BCUT2D eigenvalue weighted by Crippen LogP contribution is -1.99. The second-order valence-electron chi connectivity index (χ2n) is 4.69. The van der Waals surface area contributed by atoms with Gasteiger partial charge in [0.1, 0.15) is 30.0 Å². The number of nitrogens with zero attached hydrogens (tertiary/aromatic N) is 1. The second kappa shape index (κ2) is 5.63. The van der Waals surface area contributed by atoms with Crippen molar-refractivity contribution in [2.75, 3.05) is 6.61 Å². The summed E-state index contributed by atoms with van der Waals surface area (Å²) in [5.74, 6) is 0.564. The number of halogens is 2. The molecule has 0 N–H and O–H groups in total. The van der Waals surface area contributed by atoms with Crippen LogP contribution in [-0.4, -0.2) is 6.61 Å². The molecular formula is C16H11ClFNO2. The summed E-state index contributed by atoms with van der Waals surface area (Å²) in [4.78, 5) is 0. The van der Waals surface area contributed by atoms with E-state index in [0.29, 0.717) is 17.4 Å². The number of hydrogen-bond acceptors (Lipinski definition) is 3. The average Bonchev–Trinajstić information content (AvgIpc) is 2.93. The van der Waals surface area contributed by atoms with Crippen molar-refractivity contribution < 1.29 is 13.9 Å². The molecule has 1 heterocycles. The molecule has 3 rings (SSSR count). The molecule has 0 saturated carbocycles. The first-order valence-electron chi connectivity index (χ1n) is 6.44. The van der Waals surface area contributed by atoms with Gasteiger partial charge in [0.2, 0.25) is 0 Å². The van der Waals surface area contributed by atoms with Gasteiger partial charge in [-0.3, -0.25) is 0 Å². The van der Waals surface area contributed by atoms with Crippen LogP contribution in [0.15, 0.2) is 30.3 Å². The van der Waals surface area contributed by atoms with Crippen LogP contribution >= 0.6 is 11.6 Å². The molecule has 3 nitrogen and oxygen atoms in total. The molecule has 0 amide bonds. The Labute approximate surface area is 126 Å². The third-order valence-electron chi connectivity index (χ3n) is 3.28. The average molecular weight is 304 g/mol. The minimum absolute atomic E-state index is 0.00525. The fraction of sp³-hybridized carbons (Fsp3) is 0.188. The van der Waals surface area contributed by atoms with Crippen LogP contribution in [-0.2, 0) is 13.0 Å². The highest BCUT2D eigenvalue weighted by Crippen LogP contribution is 2.33. The Morgan fingerprint density at radius 2 is 2.19 bits per heavy atom. The van der Waals surface area contributed by atoms with Gasteiger partial charge in [-0.1, -0.05) is 11.6 Å². The zero-order chi connectivity index (χ0) is 14.8. The van der Waals surface area contributed by atoms with E-state index in [2.05, 4.69) is 0 Å². The summed E-state index contributed by atoms with van der Waals surface area (Å²) in [6.45, 7) is 0.863. The minimum atomic E-state index is -0.595. The number of ether oxygens (including phenoxy) is 2. The van der Waals surface area contributed by atoms with Crippen LogP contribution in [0.4, 0.5) is 4.39 Å². The van der Waals surface area contributed by atoms with Crippen molar-refractivity contribution in [1.29, 1.82) is 5.26 Å². The smallest absolute Gasteiger partial charge is 0.144 e. The van der Waals surface area contributed by atoms with E-state index in [0.717, 1.165) is 23.3 Å². The van der Waals surface area contributed by atoms with Crippen LogP contribution in [0.2, 0.25) is 5.02 Å². The van der Waals surface area contributed by atoms with Gasteiger partial charge < -0.3 is 9.47 Å². The van der Waals surface area contributed by atoms with E-state index >= 15 is 0 Å². The van der Waals surface area contributed by atoms with Crippen LogP contribution in [0.3, 0.4) is 0 Å². The molecule has 0 fully saturated rings. The largest absolute Gasteiger partial charge is 0.493 e. The van der Waals surface area contributed by atoms with Crippen molar-refractivity contribution in [3.8, 4) is 17.6 Å². The lowest BCUT2D eigenvalue weighted by molar-refractivity contribution is 0.290. The SMILES string of the molecule is N#Cc1ccc(OCc2cc(Cl)cc3c2OCC3)cc1F. The highest BCUT2D eigenvalue weighted by atomic mass is 35.5. The van der Waals surface area contributed by atoms with E-state index in [1.165, 1.54) is 12.1 Å². The minimum Gasteiger partial charge on any atom is -0.493 e. The quantitative estimate of drug-likeness (QED) is 0.864. The number of hydrogen-bond donors (Lipinski definition) is 0. The first kappa shape index (κ1) is 13.7. The zero-order valence-electron chi connectivity index (χ0n) is 11.0. The maximum absolute atomic E-state index is 13.5.